The second-order valence-corrected chi connectivity index (χ2v) is 8.01. The molecule has 4 aromatic rings. The summed E-state index contributed by atoms with van der Waals surface area (Å²) >= 11 is 7.34. The molecule has 0 radical (unpaired) electrons. The van der Waals surface area contributed by atoms with E-state index in [0.717, 1.165) is 16.0 Å². The van der Waals surface area contributed by atoms with E-state index in [1.807, 2.05) is 12.1 Å². The lowest BCUT2D eigenvalue weighted by Crippen LogP contribution is -1.88. The maximum atomic E-state index is 11.0. The summed E-state index contributed by atoms with van der Waals surface area (Å²) in [5, 5.41) is 22.8. The summed E-state index contributed by atoms with van der Waals surface area (Å²) in [4.78, 5) is 30.7. The van der Waals surface area contributed by atoms with Gasteiger partial charge < -0.3 is 0 Å². The number of nitrogens with zero attached hydrogens (tertiary/aromatic N) is 4. The van der Waals surface area contributed by atoms with Crippen molar-refractivity contribution in [1.29, 1.82) is 0 Å². The maximum absolute atomic E-state index is 11.0. The lowest BCUT2D eigenvalue weighted by atomic mass is 10.1. The number of benzene rings is 3. The van der Waals surface area contributed by atoms with Gasteiger partial charge in [0, 0.05) is 41.1 Å². The molecule has 0 atom stereocenters. The van der Waals surface area contributed by atoms with Crippen LogP contribution in [0.15, 0.2) is 77.8 Å². The van der Waals surface area contributed by atoms with E-state index in [4.69, 9.17) is 11.6 Å². The number of halogens is 1. The van der Waals surface area contributed by atoms with Gasteiger partial charge >= 0.3 is 0 Å². The predicted octanol–water partition coefficient (Wildman–Crippen LogP) is 6.70. The highest BCUT2D eigenvalue weighted by molar-refractivity contribution is 7.19. The monoisotopic (exact) mass is 464 g/mol. The minimum absolute atomic E-state index is 0.00174. The van der Waals surface area contributed by atoms with Gasteiger partial charge in [-0.3, -0.25) is 20.2 Å². The lowest BCUT2D eigenvalue weighted by Gasteiger charge is -2.03. The molecule has 0 aliphatic carbocycles. The first-order valence-corrected chi connectivity index (χ1v) is 10.4. The number of rotatable bonds is 6. The Kier molecular flexibility index (Phi) is 6.02. The standard InChI is InChI=1S/C22H13ClN4O4S/c23-17-7-3-15(4-8-17)20-21(16-5-11-19(12-6-16)27(30)31)32-22(25-20)24-13-14-1-9-18(10-2-14)26(28)29/h1-13H. The Labute approximate surface area is 190 Å². The molecule has 4 rings (SSSR count). The smallest absolute Gasteiger partial charge is 0.258 e. The van der Waals surface area contributed by atoms with Gasteiger partial charge in [0.15, 0.2) is 0 Å². The first-order chi connectivity index (χ1) is 15.4. The Bertz CT molecular complexity index is 1320. The molecule has 0 fully saturated rings. The fourth-order valence-corrected chi connectivity index (χ4v) is 3.97. The summed E-state index contributed by atoms with van der Waals surface area (Å²) in [5.74, 6) is 0. The number of nitro groups is 2. The molecule has 0 spiro atoms. The van der Waals surface area contributed by atoms with Gasteiger partial charge in [-0.05, 0) is 47.5 Å². The third kappa shape index (κ3) is 4.69. The highest BCUT2D eigenvalue weighted by atomic mass is 35.5. The Morgan fingerprint density at radius 1 is 0.812 bits per heavy atom. The first-order valence-electron chi connectivity index (χ1n) is 9.21. The van der Waals surface area contributed by atoms with Crippen molar-refractivity contribution in [2.75, 3.05) is 0 Å². The molecule has 0 saturated heterocycles. The van der Waals surface area contributed by atoms with Crippen molar-refractivity contribution >= 4 is 45.7 Å². The number of non-ortho nitro benzene ring substituents is 2. The molecule has 0 aliphatic heterocycles. The minimum Gasteiger partial charge on any atom is -0.258 e. The predicted molar refractivity (Wildman–Crippen MR) is 125 cm³/mol. The highest BCUT2D eigenvalue weighted by Crippen LogP contribution is 2.40. The van der Waals surface area contributed by atoms with E-state index in [0.29, 0.717) is 21.4 Å². The summed E-state index contributed by atoms with van der Waals surface area (Å²) in [6, 6.07) is 19.5. The molecule has 158 valence electrons. The second-order valence-electron chi connectivity index (χ2n) is 6.59. The largest absolute Gasteiger partial charge is 0.269 e. The zero-order valence-electron chi connectivity index (χ0n) is 16.2. The van der Waals surface area contributed by atoms with E-state index in [1.165, 1.54) is 35.6 Å². The molecular formula is C22H13ClN4O4S. The average molecular weight is 465 g/mol. The van der Waals surface area contributed by atoms with Gasteiger partial charge in [0.1, 0.15) is 0 Å². The SMILES string of the molecule is O=[N+]([O-])c1ccc(C=Nc2nc(-c3ccc(Cl)cc3)c(-c3ccc([N+](=O)[O-])cc3)s2)cc1. The fourth-order valence-electron chi connectivity index (χ4n) is 2.91. The molecule has 3 aromatic carbocycles. The molecule has 8 nitrogen and oxygen atoms in total. The summed E-state index contributed by atoms with van der Waals surface area (Å²) in [7, 11) is 0. The number of thiazole rings is 1. The van der Waals surface area contributed by atoms with Crippen molar-refractivity contribution < 1.29 is 9.85 Å². The minimum atomic E-state index is -0.462. The van der Waals surface area contributed by atoms with Crippen LogP contribution in [0.5, 0.6) is 0 Å². The van der Waals surface area contributed by atoms with Crippen LogP contribution in [0.25, 0.3) is 21.7 Å². The topological polar surface area (TPSA) is 112 Å². The van der Waals surface area contributed by atoms with Crippen LogP contribution in [0.4, 0.5) is 16.5 Å². The molecule has 10 heteroatoms. The van der Waals surface area contributed by atoms with Crippen LogP contribution in [-0.2, 0) is 0 Å². The van der Waals surface area contributed by atoms with E-state index in [1.54, 1.807) is 42.6 Å². The molecule has 0 N–H and O–H groups in total. The van der Waals surface area contributed by atoms with Crippen LogP contribution >= 0.6 is 22.9 Å². The van der Waals surface area contributed by atoms with Crippen LogP contribution in [0.1, 0.15) is 5.56 Å². The second kappa shape index (κ2) is 9.04. The van der Waals surface area contributed by atoms with Crippen molar-refractivity contribution in [3.05, 3.63) is 104 Å². The maximum Gasteiger partial charge on any atom is 0.269 e. The van der Waals surface area contributed by atoms with Crippen LogP contribution < -0.4 is 0 Å². The van der Waals surface area contributed by atoms with E-state index in [2.05, 4.69) is 9.98 Å². The summed E-state index contributed by atoms with van der Waals surface area (Å²) < 4.78 is 0. The lowest BCUT2D eigenvalue weighted by molar-refractivity contribution is -0.385. The van der Waals surface area contributed by atoms with Crippen molar-refractivity contribution in [2.45, 2.75) is 0 Å². The van der Waals surface area contributed by atoms with Crippen LogP contribution in [0.2, 0.25) is 5.02 Å². The van der Waals surface area contributed by atoms with E-state index in [-0.39, 0.29) is 11.4 Å². The quantitative estimate of drug-likeness (QED) is 0.179. The Hall–Kier alpha value is -3.95. The Morgan fingerprint density at radius 3 is 1.91 bits per heavy atom. The molecule has 32 heavy (non-hydrogen) atoms. The molecule has 0 unspecified atom stereocenters. The fraction of sp³-hybridized carbons (Fsp3) is 0. The summed E-state index contributed by atoms with van der Waals surface area (Å²) in [5.41, 5.74) is 2.97. The van der Waals surface area contributed by atoms with Crippen LogP contribution in [-0.4, -0.2) is 21.0 Å². The molecular weight excluding hydrogens is 452 g/mol. The van der Waals surface area contributed by atoms with E-state index >= 15 is 0 Å². The van der Waals surface area contributed by atoms with Crippen molar-refractivity contribution in [1.82, 2.24) is 4.98 Å². The normalized spacial score (nSPS) is 11.0. The van der Waals surface area contributed by atoms with Gasteiger partial charge in [-0.2, -0.15) is 0 Å². The first kappa shape index (κ1) is 21.3. The Balaban J connectivity index is 1.72. The molecule has 1 heterocycles. The molecule has 0 saturated carbocycles. The van der Waals surface area contributed by atoms with Gasteiger partial charge in [0.05, 0.1) is 20.4 Å². The number of aromatic nitrogens is 1. The van der Waals surface area contributed by atoms with Crippen LogP contribution in [0.3, 0.4) is 0 Å². The van der Waals surface area contributed by atoms with Crippen molar-refractivity contribution in [3.63, 3.8) is 0 Å². The third-order valence-corrected chi connectivity index (χ3v) is 5.77. The van der Waals surface area contributed by atoms with Gasteiger partial charge in [0.25, 0.3) is 11.4 Å². The highest BCUT2D eigenvalue weighted by Gasteiger charge is 2.16. The van der Waals surface area contributed by atoms with Crippen LogP contribution in [0, 0.1) is 20.2 Å². The van der Waals surface area contributed by atoms with Crippen molar-refractivity contribution in [2.24, 2.45) is 4.99 Å². The molecule has 0 bridgehead atoms. The number of hydrogen-bond donors (Lipinski definition) is 0. The number of aliphatic imine (C=N–C) groups is 1. The third-order valence-electron chi connectivity index (χ3n) is 4.50. The zero-order chi connectivity index (χ0) is 22.7. The van der Waals surface area contributed by atoms with Gasteiger partial charge in [-0.25, -0.2) is 9.98 Å². The molecule has 0 aliphatic rings. The van der Waals surface area contributed by atoms with Gasteiger partial charge in [-0.15, -0.1) is 0 Å². The molecule has 1 aromatic heterocycles. The number of hydrogen-bond acceptors (Lipinski definition) is 7. The number of nitro benzene ring substituents is 2. The zero-order valence-corrected chi connectivity index (χ0v) is 17.8. The van der Waals surface area contributed by atoms with E-state index in [9.17, 15) is 20.2 Å². The average Bonchev–Trinajstić information content (AvgIpc) is 3.23. The summed E-state index contributed by atoms with van der Waals surface area (Å²) in [6.45, 7) is 0. The van der Waals surface area contributed by atoms with Gasteiger partial charge in [-0.1, -0.05) is 35.1 Å². The summed E-state index contributed by atoms with van der Waals surface area (Å²) in [6.07, 6.45) is 1.58. The van der Waals surface area contributed by atoms with E-state index < -0.39 is 9.85 Å². The van der Waals surface area contributed by atoms with Crippen molar-refractivity contribution in [3.8, 4) is 21.7 Å². The Morgan fingerprint density at radius 2 is 1.34 bits per heavy atom. The van der Waals surface area contributed by atoms with Gasteiger partial charge in [0.2, 0.25) is 5.13 Å². The molecule has 0 amide bonds.